The number of anilines is 2. The number of nitrogen functional groups attached to an aromatic ring is 1. The summed E-state index contributed by atoms with van der Waals surface area (Å²) in [4.78, 5) is 7.61. The highest BCUT2D eigenvalue weighted by molar-refractivity contribution is 5.53. The molecule has 2 aliphatic heterocycles. The van der Waals surface area contributed by atoms with Crippen molar-refractivity contribution in [1.82, 2.24) is 9.80 Å². The lowest BCUT2D eigenvalue weighted by atomic mass is 9.96. The molecule has 2 N–H and O–H groups in total. The van der Waals surface area contributed by atoms with Crippen LogP contribution in [0.1, 0.15) is 12.8 Å². The van der Waals surface area contributed by atoms with Gasteiger partial charge in [-0.05, 0) is 50.1 Å². The predicted octanol–water partition coefficient (Wildman–Crippen LogP) is 1.73. The summed E-state index contributed by atoms with van der Waals surface area (Å²) < 4.78 is 0. The van der Waals surface area contributed by atoms with E-state index in [1.54, 1.807) is 0 Å². The van der Waals surface area contributed by atoms with E-state index < -0.39 is 0 Å². The molecule has 4 nitrogen and oxygen atoms in total. The van der Waals surface area contributed by atoms with Crippen LogP contribution in [0.5, 0.6) is 0 Å². The minimum Gasteiger partial charge on any atom is -0.399 e. The summed E-state index contributed by atoms with van der Waals surface area (Å²) in [6.45, 7) is 8.53. The highest BCUT2D eigenvalue weighted by Gasteiger charge is 2.23. The maximum Gasteiger partial charge on any atom is 0.0367 e. The minimum atomic E-state index is 0.805. The molecule has 3 rings (SSSR count). The van der Waals surface area contributed by atoms with Crippen LogP contribution in [-0.2, 0) is 0 Å². The Kier molecular flexibility index (Phi) is 4.66. The summed E-state index contributed by atoms with van der Waals surface area (Å²) >= 11 is 0. The van der Waals surface area contributed by atoms with Gasteiger partial charge in [-0.1, -0.05) is 0 Å². The van der Waals surface area contributed by atoms with Crippen LogP contribution in [-0.4, -0.2) is 62.7 Å². The van der Waals surface area contributed by atoms with Crippen molar-refractivity contribution < 1.29 is 0 Å². The van der Waals surface area contributed by atoms with Crippen LogP contribution >= 0.6 is 0 Å². The summed E-state index contributed by atoms with van der Waals surface area (Å²) in [5.74, 6) is 0.805. The summed E-state index contributed by atoms with van der Waals surface area (Å²) in [6, 6.07) is 8.35. The third-order valence-electron chi connectivity index (χ3n) is 4.89. The van der Waals surface area contributed by atoms with Gasteiger partial charge in [-0.3, -0.25) is 0 Å². The first-order valence-electron chi connectivity index (χ1n) is 8.22. The van der Waals surface area contributed by atoms with Crippen molar-refractivity contribution >= 4 is 11.4 Å². The second-order valence-electron chi connectivity index (χ2n) is 6.65. The van der Waals surface area contributed by atoms with E-state index >= 15 is 0 Å². The fourth-order valence-corrected chi connectivity index (χ4v) is 3.53. The third-order valence-corrected chi connectivity index (χ3v) is 4.89. The van der Waals surface area contributed by atoms with Gasteiger partial charge in [0.2, 0.25) is 0 Å². The van der Waals surface area contributed by atoms with Crippen molar-refractivity contribution in [1.29, 1.82) is 0 Å². The molecule has 0 saturated carbocycles. The number of rotatable bonds is 3. The highest BCUT2D eigenvalue weighted by Crippen LogP contribution is 2.24. The average molecular weight is 288 g/mol. The first-order chi connectivity index (χ1) is 10.2. The molecule has 2 saturated heterocycles. The van der Waals surface area contributed by atoms with Crippen LogP contribution in [0, 0.1) is 5.92 Å². The molecular weight excluding hydrogens is 260 g/mol. The van der Waals surface area contributed by atoms with Crippen LogP contribution in [0.15, 0.2) is 24.3 Å². The Balaban J connectivity index is 1.54. The van der Waals surface area contributed by atoms with Gasteiger partial charge in [0.1, 0.15) is 0 Å². The number of likely N-dealkylation sites (N-methyl/N-ethyl adjacent to an activating group) is 1. The Labute approximate surface area is 128 Å². The molecule has 1 unspecified atom stereocenters. The van der Waals surface area contributed by atoms with E-state index in [1.807, 2.05) is 12.1 Å². The smallest absolute Gasteiger partial charge is 0.0367 e. The van der Waals surface area contributed by atoms with E-state index in [4.69, 9.17) is 5.73 Å². The summed E-state index contributed by atoms with van der Waals surface area (Å²) in [5.41, 5.74) is 7.97. The molecule has 2 aliphatic rings. The second-order valence-corrected chi connectivity index (χ2v) is 6.65. The fraction of sp³-hybridized carbons (Fsp3) is 0.647. The average Bonchev–Trinajstić information content (AvgIpc) is 2.51. The van der Waals surface area contributed by atoms with Crippen LogP contribution in [0.2, 0.25) is 0 Å². The van der Waals surface area contributed by atoms with Crippen LogP contribution in [0.4, 0.5) is 11.4 Å². The molecule has 0 aliphatic carbocycles. The van der Waals surface area contributed by atoms with Crippen molar-refractivity contribution in [3.05, 3.63) is 24.3 Å². The monoisotopic (exact) mass is 288 g/mol. The van der Waals surface area contributed by atoms with Gasteiger partial charge < -0.3 is 20.4 Å². The van der Waals surface area contributed by atoms with E-state index in [-0.39, 0.29) is 0 Å². The van der Waals surface area contributed by atoms with E-state index in [0.29, 0.717) is 0 Å². The van der Waals surface area contributed by atoms with Crippen molar-refractivity contribution in [3.63, 3.8) is 0 Å². The maximum absolute atomic E-state index is 5.79. The molecule has 0 radical (unpaired) electrons. The molecule has 0 aromatic heterocycles. The molecule has 1 aromatic carbocycles. The van der Waals surface area contributed by atoms with Crippen molar-refractivity contribution in [2.24, 2.45) is 5.92 Å². The van der Waals surface area contributed by atoms with Crippen molar-refractivity contribution in [3.8, 4) is 0 Å². The molecule has 0 spiro atoms. The molecular formula is C17H28N4. The number of piperidine rings is 1. The number of nitrogens with zero attached hydrogens (tertiary/aromatic N) is 3. The van der Waals surface area contributed by atoms with Gasteiger partial charge in [-0.2, -0.15) is 0 Å². The van der Waals surface area contributed by atoms with E-state index in [9.17, 15) is 0 Å². The van der Waals surface area contributed by atoms with Gasteiger partial charge in [-0.15, -0.1) is 0 Å². The van der Waals surface area contributed by atoms with Gasteiger partial charge in [-0.25, -0.2) is 0 Å². The molecule has 116 valence electrons. The van der Waals surface area contributed by atoms with Crippen molar-refractivity contribution in [2.45, 2.75) is 12.8 Å². The molecule has 1 aromatic rings. The zero-order valence-electron chi connectivity index (χ0n) is 13.2. The Morgan fingerprint density at radius 2 is 1.76 bits per heavy atom. The van der Waals surface area contributed by atoms with Gasteiger partial charge >= 0.3 is 0 Å². The van der Waals surface area contributed by atoms with E-state index in [0.717, 1.165) is 11.6 Å². The Morgan fingerprint density at radius 1 is 1.05 bits per heavy atom. The topological polar surface area (TPSA) is 35.7 Å². The Morgan fingerprint density at radius 3 is 2.48 bits per heavy atom. The van der Waals surface area contributed by atoms with E-state index in [2.05, 4.69) is 33.9 Å². The molecule has 1 atom stereocenters. The lowest BCUT2D eigenvalue weighted by molar-refractivity contribution is 0.131. The van der Waals surface area contributed by atoms with Crippen molar-refractivity contribution in [2.75, 3.05) is 63.5 Å². The normalized spacial score (nSPS) is 25.2. The third kappa shape index (κ3) is 3.89. The maximum atomic E-state index is 5.79. The fourth-order valence-electron chi connectivity index (χ4n) is 3.53. The van der Waals surface area contributed by atoms with Crippen LogP contribution < -0.4 is 10.6 Å². The molecule has 0 bridgehead atoms. The van der Waals surface area contributed by atoms with Gasteiger partial charge in [0.25, 0.3) is 0 Å². The quantitative estimate of drug-likeness (QED) is 0.859. The lowest BCUT2D eigenvalue weighted by Crippen LogP contribution is -2.48. The standard InChI is InChI=1S/C17H28N4/c1-19-9-11-20(12-10-19)13-15-3-2-8-21(14-15)17-6-4-16(18)5-7-17/h4-7,15H,2-3,8-14,18H2,1H3. The number of hydrogen-bond acceptors (Lipinski definition) is 4. The van der Waals surface area contributed by atoms with Crippen LogP contribution in [0.3, 0.4) is 0 Å². The minimum absolute atomic E-state index is 0.805. The second kappa shape index (κ2) is 6.67. The predicted molar refractivity (Wildman–Crippen MR) is 89.7 cm³/mol. The van der Waals surface area contributed by atoms with Gasteiger partial charge in [0, 0.05) is 57.2 Å². The van der Waals surface area contributed by atoms with E-state index in [1.165, 1.54) is 64.3 Å². The number of benzene rings is 1. The first-order valence-corrected chi connectivity index (χ1v) is 8.22. The number of piperazine rings is 1. The summed E-state index contributed by atoms with van der Waals surface area (Å²) in [7, 11) is 2.22. The Hall–Kier alpha value is -1.26. The SMILES string of the molecule is CN1CCN(CC2CCCN(c3ccc(N)cc3)C2)CC1. The molecule has 4 heteroatoms. The molecule has 0 amide bonds. The highest BCUT2D eigenvalue weighted by atomic mass is 15.2. The molecule has 2 fully saturated rings. The van der Waals surface area contributed by atoms with Crippen LogP contribution in [0.25, 0.3) is 0 Å². The number of nitrogens with two attached hydrogens (primary N) is 1. The largest absolute Gasteiger partial charge is 0.399 e. The molecule has 2 heterocycles. The first kappa shape index (κ1) is 14.7. The zero-order chi connectivity index (χ0) is 14.7. The zero-order valence-corrected chi connectivity index (χ0v) is 13.2. The lowest BCUT2D eigenvalue weighted by Gasteiger charge is -2.39. The Bertz CT molecular complexity index is 437. The number of hydrogen-bond donors (Lipinski definition) is 1. The summed E-state index contributed by atoms with van der Waals surface area (Å²) in [6.07, 6.45) is 2.68. The van der Waals surface area contributed by atoms with Gasteiger partial charge in [0.15, 0.2) is 0 Å². The molecule has 21 heavy (non-hydrogen) atoms. The van der Waals surface area contributed by atoms with Gasteiger partial charge in [0.05, 0.1) is 0 Å². The summed E-state index contributed by atoms with van der Waals surface area (Å²) in [5, 5.41) is 0.